The molecule has 0 aliphatic heterocycles. The topological polar surface area (TPSA) is 64.6 Å². The first-order valence-electron chi connectivity index (χ1n) is 7.13. The fourth-order valence-electron chi connectivity index (χ4n) is 2.17. The summed E-state index contributed by atoms with van der Waals surface area (Å²) in [7, 11) is 2.94. The predicted molar refractivity (Wildman–Crippen MR) is 88.3 cm³/mol. The van der Waals surface area contributed by atoms with Crippen LogP contribution in [-0.4, -0.2) is 26.1 Å². The van der Waals surface area contributed by atoms with E-state index in [1.54, 1.807) is 19.2 Å². The summed E-state index contributed by atoms with van der Waals surface area (Å²) in [6.45, 7) is 0.442. The molecule has 0 saturated carbocycles. The zero-order valence-corrected chi connectivity index (χ0v) is 13.9. The minimum atomic E-state index is -0.402. The molecule has 5 nitrogen and oxygen atoms in total. The Morgan fingerprint density at radius 3 is 2.70 bits per heavy atom. The second kappa shape index (κ2) is 8.45. The summed E-state index contributed by atoms with van der Waals surface area (Å²) < 4.78 is 9.79. The van der Waals surface area contributed by atoms with Crippen molar-refractivity contribution in [2.45, 2.75) is 19.1 Å². The van der Waals surface area contributed by atoms with Crippen molar-refractivity contribution in [1.29, 1.82) is 0 Å². The molecule has 1 N–H and O–H groups in total. The van der Waals surface area contributed by atoms with Gasteiger partial charge in [0.1, 0.15) is 0 Å². The number of nitrogens with one attached hydrogen (secondary N) is 1. The lowest BCUT2D eigenvalue weighted by Crippen LogP contribution is -2.30. The highest BCUT2D eigenvalue weighted by molar-refractivity contribution is 7.10. The molecule has 0 spiro atoms. The molecule has 122 valence electrons. The van der Waals surface area contributed by atoms with Crippen LogP contribution in [0, 0.1) is 0 Å². The van der Waals surface area contributed by atoms with Gasteiger partial charge in [-0.1, -0.05) is 18.2 Å². The van der Waals surface area contributed by atoms with Crippen LogP contribution >= 0.6 is 11.3 Å². The molecule has 1 amide bonds. The van der Waals surface area contributed by atoms with Crippen molar-refractivity contribution < 1.29 is 19.1 Å². The van der Waals surface area contributed by atoms with E-state index in [0.717, 1.165) is 10.4 Å². The van der Waals surface area contributed by atoms with E-state index in [4.69, 9.17) is 9.47 Å². The quantitative estimate of drug-likeness (QED) is 0.791. The van der Waals surface area contributed by atoms with Crippen molar-refractivity contribution in [3.05, 3.63) is 57.8 Å². The van der Waals surface area contributed by atoms with Crippen LogP contribution in [-0.2, 0) is 20.9 Å². The SMILES string of the molecule is COCc1cccc(C(=O)NC(CC(=O)OC)c2cccs2)c1. The van der Waals surface area contributed by atoms with Crippen molar-refractivity contribution in [3.8, 4) is 0 Å². The number of benzene rings is 1. The largest absolute Gasteiger partial charge is 0.469 e. The lowest BCUT2D eigenvalue weighted by atomic mass is 10.1. The number of hydrogen-bond donors (Lipinski definition) is 1. The molecule has 1 unspecified atom stereocenters. The highest BCUT2D eigenvalue weighted by atomic mass is 32.1. The summed E-state index contributed by atoms with van der Waals surface area (Å²) in [6.07, 6.45) is 0.0977. The molecule has 1 atom stereocenters. The number of carbonyl (C=O) groups is 2. The maximum atomic E-state index is 12.5. The van der Waals surface area contributed by atoms with Crippen molar-refractivity contribution in [2.24, 2.45) is 0 Å². The van der Waals surface area contributed by atoms with Crippen LogP contribution < -0.4 is 5.32 Å². The lowest BCUT2D eigenvalue weighted by molar-refractivity contribution is -0.141. The van der Waals surface area contributed by atoms with E-state index < -0.39 is 6.04 Å². The molecular formula is C17H19NO4S. The van der Waals surface area contributed by atoms with Crippen molar-refractivity contribution in [3.63, 3.8) is 0 Å². The Bertz CT molecular complexity index is 654. The smallest absolute Gasteiger partial charge is 0.307 e. The molecule has 23 heavy (non-hydrogen) atoms. The third-order valence-corrected chi connectivity index (χ3v) is 4.28. The molecule has 0 saturated heterocycles. The van der Waals surface area contributed by atoms with Gasteiger partial charge in [-0.25, -0.2) is 0 Å². The molecule has 6 heteroatoms. The Morgan fingerprint density at radius 2 is 2.04 bits per heavy atom. The highest BCUT2D eigenvalue weighted by Gasteiger charge is 2.20. The zero-order chi connectivity index (χ0) is 16.7. The summed E-state index contributed by atoms with van der Waals surface area (Å²) in [6, 6.07) is 10.6. The van der Waals surface area contributed by atoms with Gasteiger partial charge >= 0.3 is 5.97 Å². The molecule has 1 aromatic heterocycles. The lowest BCUT2D eigenvalue weighted by Gasteiger charge is -2.16. The minimum absolute atomic E-state index is 0.0977. The fraction of sp³-hybridized carbons (Fsp3) is 0.294. The van der Waals surface area contributed by atoms with E-state index in [1.807, 2.05) is 29.6 Å². The Labute approximate surface area is 139 Å². The molecular weight excluding hydrogens is 314 g/mol. The number of carbonyl (C=O) groups excluding carboxylic acids is 2. The number of thiophene rings is 1. The van der Waals surface area contributed by atoms with E-state index in [1.165, 1.54) is 18.4 Å². The van der Waals surface area contributed by atoms with Gasteiger partial charge in [-0.2, -0.15) is 0 Å². The van der Waals surface area contributed by atoms with Crippen LogP contribution in [0.3, 0.4) is 0 Å². The van der Waals surface area contributed by atoms with Crippen LogP contribution in [0.5, 0.6) is 0 Å². The molecule has 0 radical (unpaired) electrons. The van der Waals surface area contributed by atoms with Crippen molar-refractivity contribution >= 4 is 23.2 Å². The van der Waals surface area contributed by atoms with Gasteiger partial charge in [0, 0.05) is 17.6 Å². The monoisotopic (exact) mass is 333 g/mol. The summed E-state index contributed by atoms with van der Waals surface area (Å²) in [4.78, 5) is 25.0. The second-order valence-corrected chi connectivity index (χ2v) is 5.93. The number of methoxy groups -OCH3 is 2. The molecule has 2 rings (SSSR count). The predicted octanol–water partition coefficient (Wildman–Crippen LogP) is 2.93. The number of amides is 1. The van der Waals surface area contributed by atoms with Crippen LogP contribution in [0.25, 0.3) is 0 Å². The van der Waals surface area contributed by atoms with Crippen LogP contribution in [0.1, 0.15) is 33.3 Å². The molecule has 0 bridgehead atoms. The van der Waals surface area contributed by atoms with Crippen LogP contribution in [0.2, 0.25) is 0 Å². The first-order valence-corrected chi connectivity index (χ1v) is 8.01. The van der Waals surface area contributed by atoms with Gasteiger partial charge in [0.2, 0.25) is 0 Å². The van der Waals surface area contributed by atoms with E-state index in [-0.39, 0.29) is 18.3 Å². The van der Waals surface area contributed by atoms with E-state index >= 15 is 0 Å². The zero-order valence-electron chi connectivity index (χ0n) is 13.1. The third kappa shape index (κ3) is 4.91. The summed E-state index contributed by atoms with van der Waals surface area (Å²) in [5.41, 5.74) is 1.45. The second-order valence-electron chi connectivity index (χ2n) is 4.96. The average molecular weight is 333 g/mol. The summed E-state index contributed by atoms with van der Waals surface area (Å²) >= 11 is 1.49. The van der Waals surface area contributed by atoms with Gasteiger partial charge in [-0.05, 0) is 29.1 Å². The Balaban J connectivity index is 2.13. The Morgan fingerprint density at radius 1 is 1.22 bits per heavy atom. The first kappa shape index (κ1) is 17.2. The number of rotatable bonds is 7. The standard InChI is InChI=1S/C17H19NO4S/c1-21-11-12-5-3-6-13(9-12)17(20)18-14(10-16(19)22-2)15-7-4-8-23-15/h3-9,14H,10-11H2,1-2H3,(H,18,20). The van der Waals surface area contributed by atoms with Gasteiger partial charge in [0.25, 0.3) is 5.91 Å². The molecule has 0 fully saturated rings. The Hall–Kier alpha value is -2.18. The number of ether oxygens (including phenoxy) is 2. The van der Waals surface area contributed by atoms with Crippen LogP contribution in [0.4, 0.5) is 0 Å². The maximum absolute atomic E-state index is 12.5. The fourth-order valence-corrected chi connectivity index (χ4v) is 2.95. The molecule has 1 aromatic carbocycles. The van der Waals surface area contributed by atoms with Crippen LogP contribution in [0.15, 0.2) is 41.8 Å². The molecule has 1 heterocycles. The van der Waals surface area contributed by atoms with Gasteiger partial charge in [-0.3, -0.25) is 9.59 Å². The Kier molecular flexibility index (Phi) is 6.31. The number of hydrogen-bond acceptors (Lipinski definition) is 5. The van der Waals surface area contributed by atoms with Gasteiger partial charge in [-0.15, -0.1) is 11.3 Å². The summed E-state index contributed by atoms with van der Waals surface area (Å²) in [5, 5.41) is 4.81. The maximum Gasteiger partial charge on any atom is 0.307 e. The van der Waals surface area contributed by atoms with Gasteiger partial charge in [0.15, 0.2) is 0 Å². The molecule has 0 aliphatic rings. The number of esters is 1. The average Bonchev–Trinajstić information content (AvgIpc) is 3.09. The van der Waals surface area contributed by atoms with Crippen molar-refractivity contribution in [2.75, 3.05) is 14.2 Å². The highest BCUT2D eigenvalue weighted by Crippen LogP contribution is 2.23. The van der Waals surface area contributed by atoms with E-state index in [2.05, 4.69) is 5.32 Å². The van der Waals surface area contributed by atoms with E-state index in [0.29, 0.717) is 12.2 Å². The summed E-state index contributed by atoms with van der Waals surface area (Å²) in [5.74, 6) is -0.595. The molecule has 0 aliphatic carbocycles. The van der Waals surface area contributed by atoms with Crippen molar-refractivity contribution in [1.82, 2.24) is 5.32 Å². The van der Waals surface area contributed by atoms with Gasteiger partial charge < -0.3 is 14.8 Å². The normalized spacial score (nSPS) is 11.7. The third-order valence-electron chi connectivity index (χ3n) is 3.29. The first-order chi connectivity index (χ1) is 11.1. The van der Waals surface area contributed by atoms with Gasteiger partial charge in [0.05, 0.1) is 26.2 Å². The van der Waals surface area contributed by atoms with E-state index in [9.17, 15) is 9.59 Å². The minimum Gasteiger partial charge on any atom is -0.469 e. The molecule has 2 aromatic rings.